The van der Waals surface area contributed by atoms with Crippen molar-refractivity contribution in [1.29, 1.82) is 0 Å². The zero-order valence-electron chi connectivity index (χ0n) is 7.04. The molecular formula is C9H8O5. The third kappa shape index (κ3) is 2.08. The largest absolute Gasteiger partial charge is 0.479 e. The van der Waals surface area contributed by atoms with Crippen molar-refractivity contribution in [3.05, 3.63) is 35.4 Å². The highest BCUT2D eigenvalue weighted by molar-refractivity contribution is 5.88. The van der Waals surface area contributed by atoms with E-state index in [1.54, 1.807) is 0 Å². The molecule has 5 nitrogen and oxygen atoms in total. The van der Waals surface area contributed by atoms with Crippen molar-refractivity contribution < 1.29 is 24.9 Å². The SMILES string of the molecule is O=C(O)c1cccc(C(O)C(=O)O)c1. The van der Waals surface area contributed by atoms with Gasteiger partial charge in [-0.05, 0) is 17.7 Å². The molecule has 1 rings (SSSR count). The summed E-state index contributed by atoms with van der Waals surface area (Å²) in [5.41, 5.74) is 0.000185. The first kappa shape index (κ1) is 10.2. The normalized spacial score (nSPS) is 12.1. The number of carbonyl (C=O) groups is 2. The average Bonchev–Trinajstić information content (AvgIpc) is 2.16. The van der Waals surface area contributed by atoms with Gasteiger partial charge in [0.05, 0.1) is 5.56 Å². The Bertz CT molecular complexity index is 371. The molecule has 1 unspecified atom stereocenters. The molecule has 0 spiro atoms. The lowest BCUT2D eigenvalue weighted by Crippen LogP contribution is -2.11. The van der Waals surface area contributed by atoms with Gasteiger partial charge >= 0.3 is 11.9 Å². The molecule has 0 saturated heterocycles. The first-order valence-electron chi connectivity index (χ1n) is 3.76. The highest BCUT2D eigenvalue weighted by atomic mass is 16.4. The van der Waals surface area contributed by atoms with Gasteiger partial charge in [0.15, 0.2) is 6.10 Å². The molecule has 0 aliphatic heterocycles. The highest BCUT2D eigenvalue weighted by Crippen LogP contribution is 2.14. The van der Waals surface area contributed by atoms with Gasteiger partial charge in [-0.25, -0.2) is 9.59 Å². The maximum atomic E-state index is 10.5. The second-order valence-corrected chi connectivity index (χ2v) is 2.67. The molecule has 0 aliphatic rings. The Kier molecular flexibility index (Phi) is 2.83. The van der Waals surface area contributed by atoms with Crippen LogP contribution in [0.5, 0.6) is 0 Å². The van der Waals surface area contributed by atoms with Crippen LogP contribution in [-0.4, -0.2) is 27.3 Å². The fraction of sp³-hybridized carbons (Fsp3) is 0.111. The molecule has 5 heteroatoms. The number of rotatable bonds is 3. The van der Waals surface area contributed by atoms with Crippen molar-refractivity contribution >= 4 is 11.9 Å². The van der Waals surface area contributed by atoms with Gasteiger partial charge in [0.25, 0.3) is 0 Å². The Labute approximate surface area is 79.2 Å². The second kappa shape index (κ2) is 3.89. The molecule has 1 aromatic rings. The van der Waals surface area contributed by atoms with Crippen LogP contribution in [0.25, 0.3) is 0 Å². The van der Waals surface area contributed by atoms with E-state index in [0.717, 1.165) is 6.07 Å². The Morgan fingerprint density at radius 3 is 2.36 bits per heavy atom. The summed E-state index contributed by atoms with van der Waals surface area (Å²) >= 11 is 0. The van der Waals surface area contributed by atoms with Crippen LogP contribution in [0.4, 0.5) is 0 Å². The van der Waals surface area contributed by atoms with Crippen LogP contribution < -0.4 is 0 Å². The number of hydrogen-bond acceptors (Lipinski definition) is 3. The van der Waals surface area contributed by atoms with Gasteiger partial charge in [-0.1, -0.05) is 12.1 Å². The summed E-state index contributed by atoms with van der Waals surface area (Å²) in [5.74, 6) is -2.57. The summed E-state index contributed by atoms with van der Waals surface area (Å²) in [7, 11) is 0. The topological polar surface area (TPSA) is 94.8 Å². The first-order chi connectivity index (χ1) is 6.52. The van der Waals surface area contributed by atoms with Crippen LogP contribution in [0.3, 0.4) is 0 Å². The maximum Gasteiger partial charge on any atom is 0.337 e. The van der Waals surface area contributed by atoms with Crippen LogP contribution >= 0.6 is 0 Å². The Morgan fingerprint density at radius 2 is 1.86 bits per heavy atom. The van der Waals surface area contributed by atoms with Gasteiger partial charge in [0.1, 0.15) is 0 Å². The van der Waals surface area contributed by atoms with Crippen LogP contribution in [-0.2, 0) is 4.79 Å². The van der Waals surface area contributed by atoms with Crippen molar-refractivity contribution in [2.45, 2.75) is 6.10 Å². The van der Waals surface area contributed by atoms with Crippen molar-refractivity contribution in [3.63, 3.8) is 0 Å². The van der Waals surface area contributed by atoms with Crippen LogP contribution in [0.1, 0.15) is 22.0 Å². The Morgan fingerprint density at radius 1 is 1.21 bits per heavy atom. The van der Waals surface area contributed by atoms with Crippen LogP contribution in [0.2, 0.25) is 0 Å². The quantitative estimate of drug-likeness (QED) is 0.654. The van der Waals surface area contributed by atoms with E-state index in [4.69, 9.17) is 15.3 Å². The summed E-state index contributed by atoms with van der Waals surface area (Å²) in [4.78, 5) is 20.9. The van der Waals surface area contributed by atoms with Gasteiger partial charge < -0.3 is 15.3 Å². The van der Waals surface area contributed by atoms with E-state index in [1.165, 1.54) is 18.2 Å². The van der Waals surface area contributed by atoms with Gasteiger partial charge in [0.2, 0.25) is 0 Å². The van der Waals surface area contributed by atoms with E-state index in [0.29, 0.717) is 0 Å². The minimum absolute atomic E-state index is 0.0530. The molecular weight excluding hydrogens is 188 g/mol. The number of aliphatic carboxylic acids is 1. The van der Waals surface area contributed by atoms with Gasteiger partial charge in [0, 0.05) is 0 Å². The minimum Gasteiger partial charge on any atom is -0.479 e. The molecule has 0 amide bonds. The average molecular weight is 196 g/mol. The summed E-state index contributed by atoms with van der Waals surface area (Å²) in [6, 6.07) is 5.18. The van der Waals surface area contributed by atoms with Crippen LogP contribution in [0, 0.1) is 0 Å². The molecule has 0 radical (unpaired) electrons. The summed E-state index contributed by atoms with van der Waals surface area (Å²) in [6.45, 7) is 0. The number of carboxylic acid groups (broad SMARTS) is 2. The van der Waals surface area contributed by atoms with E-state index in [9.17, 15) is 9.59 Å². The minimum atomic E-state index is -1.69. The lowest BCUT2D eigenvalue weighted by atomic mass is 10.1. The standard InChI is InChI=1S/C9H8O5/c10-7(9(13)14)5-2-1-3-6(4-5)8(11)12/h1-4,7,10H,(H,11,12)(H,13,14). The number of hydrogen-bond donors (Lipinski definition) is 3. The Hall–Kier alpha value is -1.88. The number of aliphatic hydroxyl groups is 1. The van der Waals surface area contributed by atoms with Gasteiger partial charge in [-0.3, -0.25) is 0 Å². The molecule has 0 bridgehead atoms. The summed E-state index contributed by atoms with van der Waals surface area (Å²) in [5, 5.41) is 26.2. The second-order valence-electron chi connectivity index (χ2n) is 2.67. The summed E-state index contributed by atoms with van der Waals surface area (Å²) in [6.07, 6.45) is -1.69. The highest BCUT2D eigenvalue weighted by Gasteiger charge is 2.16. The molecule has 74 valence electrons. The lowest BCUT2D eigenvalue weighted by Gasteiger charge is -2.05. The van der Waals surface area contributed by atoms with E-state index in [1.807, 2.05) is 0 Å². The number of aliphatic hydroxyl groups excluding tert-OH is 1. The van der Waals surface area contributed by atoms with Crippen molar-refractivity contribution in [2.24, 2.45) is 0 Å². The van der Waals surface area contributed by atoms with E-state index in [2.05, 4.69) is 0 Å². The lowest BCUT2D eigenvalue weighted by molar-refractivity contribution is -0.146. The predicted molar refractivity (Wildman–Crippen MR) is 46.0 cm³/mol. The zero-order chi connectivity index (χ0) is 10.7. The molecule has 0 fully saturated rings. The van der Waals surface area contributed by atoms with Gasteiger partial charge in [-0.2, -0.15) is 0 Å². The fourth-order valence-corrected chi connectivity index (χ4v) is 0.984. The van der Waals surface area contributed by atoms with Crippen LogP contribution in [0.15, 0.2) is 24.3 Å². The zero-order valence-corrected chi connectivity index (χ0v) is 7.04. The molecule has 0 saturated carbocycles. The maximum absolute atomic E-state index is 10.5. The third-order valence-corrected chi connectivity index (χ3v) is 1.68. The molecule has 0 heterocycles. The number of benzene rings is 1. The van der Waals surface area contributed by atoms with E-state index in [-0.39, 0.29) is 11.1 Å². The van der Waals surface area contributed by atoms with Crippen molar-refractivity contribution in [1.82, 2.24) is 0 Å². The molecule has 0 aromatic heterocycles. The molecule has 1 atom stereocenters. The number of carboxylic acids is 2. The van der Waals surface area contributed by atoms with E-state index >= 15 is 0 Å². The monoisotopic (exact) mass is 196 g/mol. The number of aromatic carboxylic acids is 1. The molecule has 0 aliphatic carbocycles. The van der Waals surface area contributed by atoms with Crippen molar-refractivity contribution in [3.8, 4) is 0 Å². The Balaban J connectivity index is 3.05. The predicted octanol–water partition coefficient (Wildman–Crippen LogP) is 0.503. The van der Waals surface area contributed by atoms with E-state index < -0.39 is 18.0 Å². The molecule has 14 heavy (non-hydrogen) atoms. The smallest absolute Gasteiger partial charge is 0.337 e. The van der Waals surface area contributed by atoms with Crippen molar-refractivity contribution in [2.75, 3.05) is 0 Å². The third-order valence-electron chi connectivity index (χ3n) is 1.68. The molecule has 1 aromatic carbocycles. The fourth-order valence-electron chi connectivity index (χ4n) is 0.984. The summed E-state index contributed by atoms with van der Waals surface area (Å²) < 4.78 is 0. The first-order valence-corrected chi connectivity index (χ1v) is 3.76. The van der Waals surface area contributed by atoms with Gasteiger partial charge in [-0.15, -0.1) is 0 Å². The molecule has 3 N–H and O–H groups in total.